The molecule has 158 valence electrons. The zero-order valence-corrected chi connectivity index (χ0v) is 17.5. The van der Waals surface area contributed by atoms with E-state index < -0.39 is 10.0 Å². The number of hydrogen-bond donors (Lipinski definition) is 1. The number of nitrogens with zero attached hydrogens (tertiary/aromatic N) is 2. The molecule has 2 fully saturated rings. The molecule has 0 spiro atoms. The lowest BCUT2D eigenvalue weighted by Crippen LogP contribution is -2.33. The maximum absolute atomic E-state index is 12.7. The first-order valence-corrected chi connectivity index (χ1v) is 12.2. The third-order valence-electron chi connectivity index (χ3n) is 6.25. The molecule has 2 heterocycles. The first-order chi connectivity index (χ1) is 13.9. The van der Waals surface area contributed by atoms with E-state index in [4.69, 9.17) is 0 Å². The van der Waals surface area contributed by atoms with Crippen LogP contribution in [0, 0.1) is 0 Å². The Hall–Kier alpha value is -1.93. The molecular formula is C21H29N3O4S. The molecular weight excluding hydrogens is 390 g/mol. The average molecular weight is 420 g/mol. The van der Waals surface area contributed by atoms with Crippen LogP contribution in [0.15, 0.2) is 23.1 Å². The highest BCUT2D eigenvalue weighted by atomic mass is 32.2. The van der Waals surface area contributed by atoms with E-state index in [1.54, 1.807) is 23.1 Å². The Morgan fingerprint density at radius 2 is 1.66 bits per heavy atom. The summed E-state index contributed by atoms with van der Waals surface area (Å²) in [5.41, 5.74) is 1.64. The normalized spacial score (nSPS) is 19.7. The zero-order chi connectivity index (χ0) is 20.4. The van der Waals surface area contributed by atoms with Crippen LogP contribution >= 0.6 is 0 Å². The second-order valence-corrected chi connectivity index (χ2v) is 9.99. The highest BCUT2D eigenvalue weighted by molar-refractivity contribution is 7.89. The molecule has 0 atom stereocenters. The van der Waals surface area contributed by atoms with Gasteiger partial charge < -0.3 is 9.80 Å². The Bertz CT molecular complexity index is 887. The van der Waals surface area contributed by atoms with Gasteiger partial charge >= 0.3 is 0 Å². The second kappa shape index (κ2) is 8.44. The van der Waals surface area contributed by atoms with Crippen molar-refractivity contribution in [3.8, 4) is 0 Å². The van der Waals surface area contributed by atoms with Gasteiger partial charge in [0.25, 0.3) is 0 Å². The molecule has 1 saturated heterocycles. The number of nitrogens with one attached hydrogen (secondary N) is 1. The molecule has 2 aliphatic heterocycles. The molecule has 0 radical (unpaired) electrons. The minimum atomic E-state index is -3.54. The molecule has 7 nitrogen and oxygen atoms in total. The SMILES string of the molecule is O=C(CCC(=O)N1CCc2cc(S(=O)(=O)NC3CCCC3)ccc21)N1CCCC1. The molecule has 1 aliphatic carbocycles. The fourth-order valence-electron chi connectivity index (χ4n) is 4.61. The third-order valence-corrected chi connectivity index (χ3v) is 7.76. The van der Waals surface area contributed by atoms with Crippen molar-refractivity contribution < 1.29 is 18.0 Å². The maximum Gasteiger partial charge on any atom is 0.240 e. The fourth-order valence-corrected chi connectivity index (χ4v) is 5.96. The summed E-state index contributed by atoms with van der Waals surface area (Å²) in [7, 11) is -3.54. The van der Waals surface area contributed by atoms with Gasteiger partial charge in [-0.3, -0.25) is 9.59 Å². The van der Waals surface area contributed by atoms with Crippen LogP contribution in [0.3, 0.4) is 0 Å². The minimum absolute atomic E-state index is 0.0273. The van der Waals surface area contributed by atoms with Crippen molar-refractivity contribution >= 4 is 27.5 Å². The summed E-state index contributed by atoms with van der Waals surface area (Å²) in [5, 5.41) is 0. The molecule has 1 aromatic rings. The van der Waals surface area contributed by atoms with Crippen molar-refractivity contribution in [2.45, 2.75) is 68.7 Å². The van der Waals surface area contributed by atoms with Crippen molar-refractivity contribution in [2.75, 3.05) is 24.5 Å². The molecule has 1 saturated carbocycles. The summed E-state index contributed by atoms with van der Waals surface area (Å²) in [6, 6.07) is 5.03. The van der Waals surface area contributed by atoms with E-state index in [1.165, 1.54) is 0 Å². The summed E-state index contributed by atoms with van der Waals surface area (Å²) in [5.74, 6) is -0.0225. The van der Waals surface area contributed by atoms with Gasteiger partial charge in [-0.15, -0.1) is 0 Å². The van der Waals surface area contributed by atoms with Gasteiger partial charge in [0.2, 0.25) is 21.8 Å². The van der Waals surface area contributed by atoms with Gasteiger partial charge in [-0.1, -0.05) is 12.8 Å². The lowest BCUT2D eigenvalue weighted by atomic mass is 10.2. The molecule has 1 N–H and O–H groups in total. The average Bonchev–Trinajstić information content (AvgIpc) is 3.46. The molecule has 3 aliphatic rings. The fraction of sp³-hybridized carbons (Fsp3) is 0.619. The van der Waals surface area contributed by atoms with Crippen LogP contribution in [0.2, 0.25) is 0 Å². The van der Waals surface area contributed by atoms with Gasteiger partial charge in [0.1, 0.15) is 0 Å². The number of rotatable bonds is 6. The molecule has 0 unspecified atom stereocenters. The van der Waals surface area contributed by atoms with Gasteiger partial charge in [-0.2, -0.15) is 0 Å². The molecule has 2 amide bonds. The van der Waals surface area contributed by atoms with Crippen LogP contribution in [0.1, 0.15) is 56.9 Å². The zero-order valence-electron chi connectivity index (χ0n) is 16.7. The molecule has 0 bridgehead atoms. The van der Waals surface area contributed by atoms with Gasteiger partial charge in [0.15, 0.2) is 0 Å². The van der Waals surface area contributed by atoms with E-state index in [2.05, 4.69) is 4.72 Å². The first kappa shape index (κ1) is 20.3. The van der Waals surface area contributed by atoms with Gasteiger partial charge in [-0.25, -0.2) is 13.1 Å². The van der Waals surface area contributed by atoms with Gasteiger partial charge in [0, 0.05) is 44.2 Å². The quantitative estimate of drug-likeness (QED) is 0.766. The lowest BCUT2D eigenvalue weighted by molar-refractivity contribution is -0.132. The third kappa shape index (κ3) is 4.48. The van der Waals surface area contributed by atoms with Crippen molar-refractivity contribution in [2.24, 2.45) is 0 Å². The van der Waals surface area contributed by atoms with Crippen molar-refractivity contribution in [3.05, 3.63) is 23.8 Å². The number of carbonyl (C=O) groups excluding carboxylic acids is 2. The van der Waals surface area contributed by atoms with E-state index in [9.17, 15) is 18.0 Å². The number of benzene rings is 1. The summed E-state index contributed by atoms with van der Waals surface area (Å²) < 4.78 is 28.2. The van der Waals surface area contributed by atoms with Crippen molar-refractivity contribution in [1.29, 1.82) is 0 Å². The van der Waals surface area contributed by atoms with E-state index in [0.29, 0.717) is 13.0 Å². The second-order valence-electron chi connectivity index (χ2n) is 8.28. The van der Waals surface area contributed by atoms with Gasteiger partial charge in [-0.05, 0) is 55.9 Å². The lowest BCUT2D eigenvalue weighted by Gasteiger charge is -2.19. The Kier molecular flexibility index (Phi) is 5.92. The Morgan fingerprint density at radius 1 is 0.966 bits per heavy atom. The summed E-state index contributed by atoms with van der Waals surface area (Å²) in [4.78, 5) is 28.6. The van der Waals surface area contributed by atoms with Crippen LogP contribution in [-0.4, -0.2) is 50.8 Å². The number of sulfonamides is 1. The van der Waals surface area contributed by atoms with Crippen LogP contribution in [0.5, 0.6) is 0 Å². The number of likely N-dealkylation sites (tertiary alicyclic amines) is 1. The predicted molar refractivity (Wildman–Crippen MR) is 110 cm³/mol. The van der Waals surface area contributed by atoms with Crippen LogP contribution in [-0.2, 0) is 26.0 Å². The van der Waals surface area contributed by atoms with Crippen LogP contribution in [0.25, 0.3) is 0 Å². The predicted octanol–water partition coefficient (Wildman–Crippen LogP) is 2.20. The Balaban J connectivity index is 1.39. The first-order valence-electron chi connectivity index (χ1n) is 10.7. The smallest absolute Gasteiger partial charge is 0.240 e. The van der Waals surface area contributed by atoms with Crippen LogP contribution in [0.4, 0.5) is 5.69 Å². The highest BCUT2D eigenvalue weighted by Gasteiger charge is 2.29. The largest absolute Gasteiger partial charge is 0.343 e. The monoisotopic (exact) mass is 419 g/mol. The molecule has 0 aromatic heterocycles. The number of amides is 2. The number of fused-ring (bicyclic) bond motifs is 1. The molecule has 4 rings (SSSR count). The van der Waals surface area contributed by atoms with E-state index in [1.807, 2.05) is 4.90 Å². The van der Waals surface area contributed by atoms with Crippen molar-refractivity contribution in [3.63, 3.8) is 0 Å². The van der Waals surface area contributed by atoms with E-state index >= 15 is 0 Å². The molecule has 29 heavy (non-hydrogen) atoms. The number of anilines is 1. The number of carbonyl (C=O) groups is 2. The van der Waals surface area contributed by atoms with E-state index in [-0.39, 0.29) is 35.6 Å². The standard InChI is InChI=1S/C21H29N3O4S/c25-20(23-12-3-4-13-23)9-10-21(26)24-14-11-16-15-18(7-8-19(16)24)29(27,28)22-17-5-1-2-6-17/h7-8,15,17,22H,1-6,9-14H2. The van der Waals surface area contributed by atoms with E-state index in [0.717, 1.165) is 62.9 Å². The highest BCUT2D eigenvalue weighted by Crippen LogP contribution is 2.31. The Morgan fingerprint density at radius 3 is 2.38 bits per heavy atom. The maximum atomic E-state index is 12.7. The summed E-state index contributed by atoms with van der Waals surface area (Å²) in [6.45, 7) is 2.13. The van der Waals surface area contributed by atoms with Crippen molar-refractivity contribution in [1.82, 2.24) is 9.62 Å². The topological polar surface area (TPSA) is 86.8 Å². The minimum Gasteiger partial charge on any atom is -0.343 e. The van der Waals surface area contributed by atoms with Crippen LogP contribution < -0.4 is 9.62 Å². The summed E-state index contributed by atoms with van der Waals surface area (Å²) >= 11 is 0. The molecule has 1 aromatic carbocycles. The number of hydrogen-bond acceptors (Lipinski definition) is 4. The van der Waals surface area contributed by atoms with Gasteiger partial charge in [0.05, 0.1) is 4.90 Å². The molecule has 8 heteroatoms. The summed E-state index contributed by atoms with van der Waals surface area (Å²) in [6.07, 6.45) is 7.06. The Labute approximate surface area is 172 Å².